The summed E-state index contributed by atoms with van der Waals surface area (Å²) in [6.45, 7) is 3.99. The van der Waals surface area contributed by atoms with Gasteiger partial charge in [0, 0.05) is 11.3 Å². The molecule has 0 radical (unpaired) electrons. The fraction of sp³-hybridized carbons (Fsp3) is 0.300. The Morgan fingerprint density at radius 2 is 1.92 bits per heavy atom. The summed E-state index contributed by atoms with van der Waals surface area (Å²) in [5.41, 5.74) is 4.21. The van der Waals surface area contributed by atoms with Crippen molar-refractivity contribution in [3.63, 3.8) is 0 Å². The Balaban J connectivity index is 2.68. The number of nitrogens with one attached hydrogen (secondary N) is 1. The molecule has 13 heavy (non-hydrogen) atoms. The second kappa shape index (κ2) is 2.77. The Morgan fingerprint density at radius 1 is 1.31 bits per heavy atom. The highest BCUT2D eigenvalue weighted by Crippen LogP contribution is 2.39. The summed E-state index contributed by atoms with van der Waals surface area (Å²) in [7, 11) is 0. The second-order valence-electron chi connectivity index (χ2n) is 3.38. The highest BCUT2D eigenvalue weighted by atomic mass is 32.1. The number of fused-ring (bicyclic) bond motifs is 1. The maximum Gasteiger partial charge on any atom is 0.241 e. The van der Waals surface area contributed by atoms with Crippen LogP contribution >= 0.6 is 12.6 Å². The summed E-state index contributed by atoms with van der Waals surface area (Å²) >= 11 is 4.27. The van der Waals surface area contributed by atoms with Crippen molar-refractivity contribution in [1.82, 2.24) is 0 Å². The molecule has 1 N–H and O–H groups in total. The van der Waals surface area contributed by atoms with Crippen LogP contribution in [-0.4, -0.2) is 5.91 Å². The summed E-state index contributed by atoms with van der Waals surface area (Å²) in [4.78, 5) is 11.3. The standard InChI is InChI=1S/C10H11NOS/c1-5-3-4-6(2)8-7(5)9(13)10(12)11-8/h3-4,9,13H,1-2H3,(H,11,12). The molecule has 1 unspecified atom stereocenters. The molecule has 1 aliphatic rings. The number of benzene rings is 1. The van der Waals surface area contributed by atoms with Gasteiger partial charge in [-0.3, -0.25) is 4.79 Å². The van der Waals surface area contributed by atoms with E-state index in [-0.39, 0.29) is 11.2 Å². The van der Waals surface area contributed by atoms with E-state index >= 15 is 0 Å². The van der Waals surface area contributed by atoms with Crippen LogP contribution in [0, 0.1) is 13.8 Å². The summed E-state index contributed by atoms with van der Waals surface area (Å²) in [6, 6.07) is 4.04. The smallest absolute Gasteiger partial charge is 0.241 e. The third-order valence-electron chi connectivity index (χ3n) is 2.44. The first kappa shape index (κ1) is 8.63. The predicted molar refractivity (Wildman–Crippen MR) is 56.3 cm³/mol. The van der Waals surface area contributed by atoms with Crippen LogP contribution in [0.2, 0.25) is 0 Å². The van der Waals surface area contributed by atoms with E-state index in [2.05, 4.69) is 17.9 Å². The van der Waals surface area contributed by atoms with Crippen molar-refractivity contribution in [3.05, 3.63) is 28.8 Å². The Labute approximate surface area is 82.8 Å². The number of rotatable bonds is 0. The molecule has 1 heterocycles. The van der Waals surface area contributed by atoms with Crippen molar-refractivity contribution >= 4 is 24.2 Å². The van der Waals surface area contributed by atoms with Crippen LogP contribution in [0.25, 0.3) is 0 Å². The molecule has 1 aliphatic heterocycles. The maximum absolute atomic E-state index is 11.3. The van der Waals surface area contributed by atoms with E-state index in [0.29, 0.717) is 0 Å². The van der Waals surface area contributed by atoms with Crippen LogP contribution in [-0.2, 0) is 4.79 Å². The molecule has 0 fully saturated rings. The van der Waals surface area contributed by atoms with Crippen LogP contribution in [0.4, 0.5) is 5.69 Å². The molecule has 1 atom stereocenters. The molecule has 0 saturated carbocycles. The first-order valence-corrected chi connectivity index (χ1v) is 4.72. The molecule has 0 aliphatic carbocycles. The number of carbonyl (C=O) groups excluding carboxylic acids is 1. The summed E-state index contributed by atoms with van der Waals surface area (Å²) in [5, 5.41) is 2.54. The minimum Gasteiger partial charge on any atom is -0.324 e. The van der Waals surface area contributed by atoms with E-state index in [9.17, 15) is 4.79 Å². The van der Waals surface area contributed by atoms with Gasteiger partial charge in [0.05, 0.1) is 0 Å². The maximum atomic E-state index is 11.3. The average molecular weight is 193 g/mol. The Bertz CT molecular complexity index is 387. The summed E-state index contributed by atoms with van der Waals surface area (Å²) in [5.74, 6) is -0.0178. The molecule has 0 aromatic heterocycles. The summed E-state index contributed by atoms with van der Waals surface area (Å²) in [6.07, 6.45) is 0. The topological polar surface area (TPSA) is 29.1 Å². The highest BCUT2D eigenvalue weighted by molar-refractivity contribution is 7.81. The van der Waals surface area contributed by atoms with E-state index < -0.39 is 0 Å². The van der Waals surface area contributed by atoms with Crippen LogP contribution in [0.15, 0.2) is 12.1 Å². The van der Waals surface area contributed by atoms with E-state index in [4.69, 9.17) is 0 Å². The zero-order valence-corrected chi connectivity index (χ0v) is 8.48. The van der Waals surface area contributed by atoms with Gasteiger partial charge in [0.15, 0.2) is 0 Å². The van der Waals surface area contributed by atoms with Crippen LogP contribution in [0.3, 0.4) is 0 Å². The van der Waals surface area contributed by atoms with Crippen molar-refractivity contribution < 1.29 is 4.79 Å². The van der Waals surface area contributed by atoms with Gasteiger partial charge < -0.3 is 5.32 Å². The minimum atomic E-state index is -0.296. The second-order valence-corrected chi connectivity index (χ2v) is 3.90. The molecule has 68 valence electrons. The van der Waals surface area contributed by atoms with Crippen LogP contribution in [0.5, 0.6) is 0 Å². The van der Waals surface area contributed by atoms with Gasteiger partial charge in [-0.05, 0) is 25.0 Å². The summed E-state index contributed by atoms with van der Waals surface area (Å²) < 4.78 is 0. The lowest BCUT2D eigenvalue weighted by atomic mass is 10.0. The molecule has 3 heteroatoms. The van der Waals surface area contributed by atoms with Gasteiger partial charge in [-0.15, -0.1) is 0 Å². The van der Waals surface area contributed by atoms with Gasteiger partial charge in [0.25, 0.3) is 0 Å². The highest BCUT2D eigenvalue weighted by Gasteiger charge is 2.29. The lowest BCUT2D eigenvalue weighted by Gasteiger charge is -2.07. The van der Waals surface area contributed by atoms with E-state index in [1.54, 1.807) is 0 Å². The van der Waals surface area contributed by atoms with E-state index in [1.807, 2.05) is 26.0 Å². The molecule has 0 saturated heterocycles. The molecule has 1 aromatic carbocycles. The largest absolute Gasteiger partial charge is 0.324 e. The van der Waals surface area contributed by atoms with Crippen molar-refractivity contribution in [1.29, 1.82) is 0 Å². The molecule has 2 nitrogen and oxygen atoms in total. The van der Waals surface area contributed by atoms with Gasteiger partial charge in [-0.2, -0.15) is 12.6 Å². The fourth-order valence-corrected chi connectivity index (χ4v) is 2.07. The molecule has 2 rings (SSSR count). The van der Waals surface area contributed by atoms with Gasteiger partial charge in [-0.25, -0.2) is 0 Å². The van der Waals surface area contributed by atoms with Gasteiger partial charge in [0.1, 0.15) is 5.25 Å². The number of hydrogen-bond donors (Lipinski definition) is 2. The van der Waals surface area contributed by atoms with Crippen molar-refractivity contribution in [2.75, 3.05) is 5.32 Å². The zero-order valence-electron chi connectivity index (χ0n) is 7.59. The number of hydrogen-bond acceptors (Lipinski definition) is 2. The van der Waals surface area contributed by atoms with Crippen LogP contribution in [0.1, 0.15) is 21.9 Å². The minimum absolute atomic E-state index is 0.0178. The lowest BCUT2D eigenvalue weighted by Crippen LogP contribution is -2.07. The first-order valence-electron chi connectivity index (χ1n) is 4.20. The number of aryl methyl sites for hydroxylation is 2. The molecular formula is C10H11NOS. The number of amides is 1. The van der Waals surface area contributed by atoms with Crippen LogP contribution < -0.4 is 5.32 Å². The molecule has 0 bridgehead atoms. The van der Waals surface area contributed by atoms with E-state index in [0.717, 1.165) is 22.4 Å². The third kappa shape index (κ3) is 1.15. The SMILES string of the molecule is Cc1ccc(C)c2c1NC(=O)C2S. The van der Waals surface area contributed by atoms with E-state index in [1.165, 1.54) is 0 Å². The predicted octanol–water partition coefficient (Wildman–Crippen LogP) is 2.23. The molecule has 1 aromatic rings. The zero-order chi connectivity index (χ0) is 9.59. The fourth-order valence-electron chi connectivity index (χ4n) is 1.67. The Morgan fingerprint density at radius 3 is 2.54 bits per heavy atom. The normalized spacial score (nSPS) is 19.9. The van der Waals surface area contributed by atoms with Crippen molar-refractivity contribution in [2.45, 2.75) is 19.1 Å². The first-order chi connectivity index (χ1) is 6.11. The molecule has 0 spiro atoms. The number of thiol groups is 1. The quantitative estimate of drug-likeness (QED) is 0.608. The lowest BCUT2D eigenvalue weighted by molar-refractivity contribution is -0.115. The Kier molecular flexibility index (Phi) is 1.84. The van der Waals surface area contributed by atoms with Gasteiger partial charge >= 0.3 is 0 Å². The van der Waals surface area contributed by atoms with Crippen molar-refractivity contribution in [3.8, 4) is 0 Å². The van der Waals surface area contributed by atoms with Gasteiger partial charge in [-0.1, -0.05) is 12.1 Å². The average Bonchev–Trinajstić information content (AvgIpc) is 2.38. The van der Waals surface area contributed by atoms with Crippen molar-refractivity contribution in [2.24, 2.45) is 0 Å². The Hall–Kier alpha value is -0.960. The van der Waals surface area contributed by atoms with Gasteiger partial charge in [0.2, 0.25) is 5.91 Å². The number of anilines is 1. The number of carbonyl (C=O) groups is 1. The third-order valence-corrected chi connectivity index (χ3v) is 2.93. The monoisotopic (exact) mass is 193 g/mol. The molecule has 1 amide bonds. The molecular weight excluding hydrogens is 182 g/mol.